The predicted octanol–water partition coefficient (Wildman–Crippen LogP) is 3.50. The molecule has 148 valence electrons. The molecule has 0 atom stereocenters. The van der Waals surface area contributed by atoms with E-state index in [-0.39, 0.29) is 23.5 Å². The Labute approximate surface area is 167 Å². The molecular weight excluding hydrogens is 371 g/mol. The molecule has 1 saturated heterocycles. The van der Waals surface area contributed by atoms with E-state index in [1.54, 1.807) is 29.3 Å². The molecule has 6 nitrogen and oxygen atoms in total. The first-order chi connectivity index (χ1) is 14.1. The van der Waals surface area contributed by atoms with E-state index < -0.39 is 0 Å². The Kier molecular flexibility index (Phi) is 5.37. The number of carbonyl (C=O) groups excluding carboxylic acids is 2. The maximum Gasteiger partial charge on any atom is 0.274 e. The van der Waals surface area contributed by atoms with E-state index in [0.29, 0.717) is 37.3 Å². The summed E-state index contributed by atoms with van der Waals surface area (Å²) in [7, 11) is 0. The van der Waals surface area contributed by atoms with Crippen molar-refractivity contribution in [3.05, 3.63) is 78.4 Å². The number of hydrogen-bond donors (Lipinski definition) is 1. The second kappa shape index (κ2) is 8.26. The van der Waals surface area contributed by atoms with E-state index >= 15 is 0 Å². The fourth-order valence-corrected chi connectivity index (χ4v) is 3.47. The molecule has 2 aromatic carbocycles. The standard InChI is InChI=1S/C22H21FN4O2/c23-17-5-4-8-19(15-17)27-14-11-20(25-27)22(29)26-12-9-16(10-13-26)21(28)24-18-6-2-1-3-7-18/h1-8,11,14-16H,9-10,12-13H2,(H,24,28). The Morgan fingerprint density at radius 2 is 1.76 bits per heavy atom. The zero-order chi connectivity index (χ0) is 20.2. The van der Waals surface area contributed by atoms with Gasteiger partial charge in [-0.15, -0.1) is 0 Å². The van der Waals surface area contributed by atoms with Crippen molar-refractivity contribution in [3.8, 4) is 5.69 Å². The van der Waals surface area contributed by atoms with Gasteiger partial charge in [0.15, 0.2) is 5.69 Å². The van der Waals surface area contributed by atoms with Crippen molar-refractivity contribution in [1.82, 2.24) is 14.7 Å². The summed E-state index contributed by atoms with van der Waals surface area (Å²) in [5, 5.41) is 7.21. The highest BCUT2D eigenvalue weighted by Gasteiger charge is 2.28. The fourth-order valence-electron chi connectivity index (χ4n) is 3.47. The molecule has 1 aliphatic rings. The van der Waals surface area contributed by atoms with Gasteiger partial charge in [-0.05, 0) is 49.2 Å². The second-order valence-corrected chi connectivity index (χ2v) is 7.05. The van der Waals surface area contributed by atoms with Gasteiger partial charge in [0, 0.05) is 30.9 Å². The number of para-hydroxylation sites is 1. The van der Waals surface area contributed by atoms with Crippen LogP contribution in [0, 0.1) is 11.7 Å². The van der Waals surface area contributed by atoms with Crippen molar-refractivity contribution >= 4 is 17.5 Å². The normalized spacial score (nSPS) is 14.6. The van der Waals surface area contributed by atoms with E-state index in [9.17, 15) is 14.0 Å². The molecule has 3 aromatic rings. The molecule has 0 saturated carbocycles. The number of carbonyl (C=O) groups is 2. The molecule has 0 radical (unpaired) electrons. The summed E-state index contributed by atoms with van der Waals surface area (Å²) < 4.78 is 14.9. The number of rotatable bonds is 4. The number of amides is 2. The van der Waals surface area contributed by atoms with E-state index in [2.05, 4.69) is 10.4 Å². The van der Waals surface area contributed by atoms with E-state index in [0.717, 1.165) is 5.69 Å². The maximum atomic E-state index is 13.4. The summed E-state index contributed by atoms with van der Waals surface area (Å²) in [6.45, 7) is 0.997. The number of piperidine rings is 1. The molecule has 0 aliphatic carbocycles. The van der Waals surface area contributed by atoms with Crippen molar-refractivity contribution in [3.63, 3.8) is 0 Å². The smallest absolute Gasteiger partial charge is 0.274 e. The van der Waals surface area contributed by atoms with Crippen molar-refractivity contribution in [2.75, 3.05) is 18.4 Å². The Bertz CT molecular complexity index is 1010. The van der Waals surface area contributed by atoms with Crippen molar-refractivity contribution in [2.45, 2.75) is 12.8 Å². The van der Waals surface area contributed by atoms with Crippen LogP contribution in [0.4, 0.5) is 10.1 Å². The Morgan fingerprint density at radius 1 is 1.00 bits per heavy atom. The van der Waals surface area contributed by atoms with Crippen LogP contribution >= 0.6 is 0 Å². The summed E-state index contributed by atoms with van der Waals surface area (Å²) in [6.07, 6.45) is 2.85. The first kappa shape index (κ1) is 18.9. The molecular formula is C22H21FN4O2. The molecule has 4 rings (SSSR count). The van der Waals surface area contributed by atoms with Crippen molar-refractivity contribution in [2.24, 2.45) is 5.92 Å². The van der Waals surface area contributed by atoms with Crippen LogP contribution in [-0.2, 0) is 4.79 Å². The van der Waals surface area contributed by atoms with Gasteiger partial charge in [-0.25, -0.2) is 9.07 Å². The summed E-state index contributed by atoms with van der Waals surface area (Å²) in [6, 6.07) is 17.0. The summed E-state index contributed by atoms with van der Waals surface area (Å²) >= 11 is 0. The summed E-state index contributed by atoms with van der Waals surface area (Å²) in [5.74, 6) is -0.674. The molecule has 0 spiro atoms. The van der Waals surface area contributed by atoms with E-state index in [1.165, 1.54) is 16.8 Å². The average Bonchev–Trinajstić information content (AvgIpc) is 3.24. The van der Waals surface area contributed by atoms with Crippen molar-refractivity contribution < 1.29 is 14.0 Å². The topological polar surface area (TPSA) is 67.2 Å². The quantitative estimate of drug-likeness (QED) is 0.739. The molecule has 1 N–H and O–H groups in total. The number of halogens is 1. The van der Waals surface area contributed by atoms with Crippen LogP contribution in [0.3, 0.4) is 0 Å². The van der Waals surface area contributed by atoms with Crippen LogP contribution in [0.2, 0.25) is 0 Å². The number of benzene rings is 2. The lowest BCUT2D eigenvalue weighted by molar-refractivity contribution is -0.121. The second-order valence-electron chi connectivity index (χ2n) is 7.05. The monoisotopic (exact) mass is 392 g/mol. The number of anilines is 1. The van der Waals surface area contributed by atoms with Gasteiger partial charge in [-0.3, -0.25) is 9.59 Å². The number of nitrogens with one attached hydrogen (secondary N) is 1. The number of hydrogen-bond acceptors (Lipinski definition) is 3. The molecule has 0 unspecified atom stereocenters. The van der Waals surface area contributed by atoms with Crippen LogP contribution < -0.4 is 5.32 Å². The lowest BCUT2D eigenvalue weighted by Crippen LogP contribution is -2.41. The SMILES string of the molecule is O=C(Nc1ccccc1)C1CCN(C(=O)c2ccn(-c3cccc(F)c3)n2)CC1. The fraction of sp³-hybridized carbons (Fsp3) is 0.227. The van der Waals surface area contributed by atoms with Gasteiger partial charge in [-0.2, -0.15) is 5.10 Å². The maximum absolute atomic E-state index is 13.4. The zero-order valence-corrected chi connectivity index (χ0v) is 15.8. The minimum atomic E-state index is -0.360. The van der Waals surface area contributed by atoms with Crippen molar-refractivity contribution in [1.29, 1.82) is 0 Å². The first-order valence-electron chi connectivity index (χ1n) is 9.57. The van der Waals surface area contributed by atoms with Crippen LogP contribution in [0.5, 0.6) is 0 Å². The van der Waals surface area contributed by atoms with Crippen LogP contribution in [0.1, 0.15) is 23.3 Å². The predicted molar refractivity (Wildman–Crippen MR) is 107 cm³/mol. The molecule has 29 heavy (non-hydrogen) atoms. The molecule has 7 heteroatoms. The van der Waals surface area contributed by atoms with Crippen LogP contribution in [-0.4, -0.2) is 39.6 Å². The van der Waals surface area contributed by atoms with Gasteiger partial charge in [0.05, 0.1) is 5.69 Å². The van der Waals surface area contributed by atoms with E-state index in [1.807, 2.05) is 30.3 Å². The number of likely N-dealkylation sites (tertiary alicyclic amines) is 1. The Balaban J connectivity index is 1.35. The van der Waals surface area contributed by atoms with Crippen LogP contribution in [0.25, 0.3) is 5.69 Å². The van der Waals surface area contributed by atoms with Crippen LogP contribution in [0.15, 0.2) is 66.9 Å². The molecule has 1 aliphatic heterocycles. The third-order valence-electron chi connectivity index (χ3n) is 5.08. The molecule has 0 bridgehead atoms. The zero-order valence-electron chi connectivity index (χ0n) is 15.8. The number of nitrogens with zero attached hydrogens (tertiary/aromatic N) is 3. The van der Waals surface area contributed by atoms with Gasteiger partial charge in [-0.1, -0.05) is 24.3 Å². The van der Waals surface area contributed by atoms with Gasteiger partial charge in [0.2, 0.25) is 5.91 Å². The third-order valence-corrected chi connectivity index (χ3v) is 5.08. The molecule has 2 amide bonds. The number of aromatic nitrogens is 2. The first-order valence-corrected chi connectivity index (χ1v) is 9.57. The molecule has 2 heterocycles. The van der Waals surface area contributed by atoms with Gasteiger partial charge in [0.1, 0.15) is 5.82 Å². The van der Waals surface area contributed by atoms with Gasteiger partial charge in [0.25, 0.3) is 5.91 Å². The third kappa shape index (κ3) is 4.34. The summed E-state index contributed by atoms with van der Waals surface area (Å²) in [5.41, 5.74) is 1.64. The Morgan fingerprint density at radius 3 is 2.48 bits per heavy atom. The van der Waals surface area contributed by atoms with Gasteiger partial charge >= 0.3 is 0 Å². The highest BCUT2D eigenvalue weighted by molar-refractivity contribution is 5.94. The minimum absolute atomic E-state index is 0.0151. The Hall–Kier alpha value is -3.48. The van der Waals surface area contributed by atoms with Gasteiger partial charge < -0.3 is 10.2 Å². The minimum Gasteiger partial charge on any atom is -0.337 e. The lowest BCUT2D eigenvalue weighted by atomic mass is 9.95. The molecule has 1 fully saturated rings. The average molecular weight is 392 g/mol. The largest absolute Gasteiger partial charge is 0.337 e. The lowest BCUT2D eigenvalue weighted by Gasteiger charge is -2.30. The van der Waals surface area contributed by atoms with E-state index in [4.69, 9.17) is 0 Å². The summed E-state index contributed by atoms with van der Waals surface area (Å²) in [4.78, 5) is 26.9. The molecule has 1 aromatic heterocycles. The highest BCUT2D eigenvalue weighted by atomic mass is 19.1. The highest BCUT2D eigenvalue weighted by Crippen LogP contribution is 2.21.